The van der Waals surface area contributed by atoms with Gasteiger partial charge in [-0.3, -0.25) is 24.5 Å². The molecule has 0 atom stereocenters. The van der Waals surface area contributed by atoms with E-state index in [-0.39, 0.29) is 88.4 Å². The summed E-state index contributed by atoms with van der Waals surface area (Å²) in [5.74, 6) is -19.2. The number of ether oxygens (including phenoxy) is 20. The van der Waals surface area contributed by atoms with Gasteiger partial charge in [-0.15, -0.1) is 0 Å². The van der Waals surface area contributed by atoms with Crippen LogP contribution < -0.4 is 25.5 Å². The first-order chi connectivity index (χ1) is 42.2. The molecule has 0 aliphatic rings. The fourth-order valence-corrected chi connectivity index (χ4v) is 8.73. The third-order valence-electron chi connectivity index (χ3n) is 11.6. The molecule has 0 heterocycles. The molecule has 0 radical (unpaired) electrons. The van der Waals surface area contributed by atoms with Gasteiger partial charge in [0.1, 0.15) is 0 Å². The van der Waals surface area contributed by atoms with Crippen molar-refractivity contribution in [3.63, 3.8) is 0 Å². The van der Waals surface area contributed by atoms with Crippen LogP contribution in [-0.4, -0.2) is 287 Å². The average Bonchev–Trinajstić information content (AvgIpc) is 3.45. The van der Waals surface area contributed by atoms with Crippen LogP contribution in [0.15, 0.2) is 0 Å². The van der Waals surface area contributed by atoms with Crippen LogP contribution in [0.25, 0.3) is 0 Å². The van der Waals surface area contributed by atoms with Crippen LogP contribution in [0.3, 0.4) is 0 Å². The minimum atomic E-state index is -2.23. The Balaban J connectivity index is -0.000000247. The van der Waals surface area contributed by atoms with Gasteiger partial charge in [-0.05, 0) is 209 Å². The maximum absolute atomic E-state index is 12.8. The van der Waals surface area contributed by atoms with Crippen LogP contribution in [0.1, 0.15) is 138 Å². The molecule has 0 spiro atoms. The van der Waals surface area contributed by atoms with Gasteiger partial charge in [-0.1, -0.05) is 0 Å². The summed E-state index contributed by atoms with van der Waals surface area (Å²) in [5, 5.41) is 64.0. The normalized spacial score (nSPS) is 13.2. The van der Waals surface area contributed by atoms with Crippen LogP contribution in [0.2, 0.25) is 0 Å². The van der Waals surface area contributed by atoms with E-state index < -0.39 is 59.4 Å². The number of hydrogen-bond donors (Lipinski definition) is 0. The van der Waals surface area contributed by atoms with Crippen LogP contribution >= 0.6 is 0 Å². The second kappa shape index (κ2) is 53.5. The number of likely N-dealkylation sites (N-methyl/N-ethyl adjacent to an activating group) is 5. The fraction of sp³-hybridized carbons (Fsp3) is 1.00. The standard InChI is InChI=1S/5C12H26NO5.Ta/c5*1-7-15-11(13(5)6,16-8-2)12(14,17-9-3)18-10-4;/h5*7-10H2,1-6H3;/q5*-1;+5. The van der Waals surface area contributed by atoms with E-state index in [2.05, 4.69) is 0 Å². The molecule has 0 saturated carbocycles. The second-order valence-electron chi connectivity index (χ2n) is 18.8. The second-order valence-corrected chi connectivity index (χ2v) is 18.8. The molecule has 0 aliphatic carbocycles. The molecule has 91 heavy (non-hydrogen) atoms. The molecule has 0 bridgehead atoms. The Morgan fingerprint density at radius 1 is 0.165 bits per heavy atom. The fourth-order valence-electron chi connectivity index (χ4n) is 8.73. The largest absolute Gasteiger partial charge is 5.00 e. The first-order valence-corrected chi connectivity index (χ1v) is 31.9. The Bertz CT molecular complexity index is 1330. The minimum absolute atomic E-state index is 0. The zero-order valence-corrected chi connectivity index (χ0v) is 65.2. The number of rotatable bonds is 50. The van der Waals surface area contributed by atoms with Crippen molar-refractivity contribution in [2.75, 3.05) is 203 Å². The van der Waals surface area contributed by atoms with Gasteiger partial charge in [-0.25, -0.2) is 0 Å². The van der Waals surface area contributed by atoms with Gasteiger partial charge in [0.05, 0.1) is 0 Å². The van der Waals surface area contributed by atoms with Gasteiger partial charge < -0.3 is 120 Å². The van der Waals surface area contributed by atoms with Crippen molar-refractivity contribution in [3.8, 4) is 0 Å². The predicted molar refractivity (Wildman–Crippen MR) is 328 cm³/mol. The topological polar surface area (TPSA) is 316 Å². The Morgan fingerprint density at radius 3 is 0.275 bits per heavy atom. The summed E-state index contributed by atoms with van der Waals surface area (Å²) >= 11 is 0. The molecule has 0 aromatic heterocycles. The van der Waals surface area contributed by atoms with E-state index in [0.717, 1.165) is 0 Å². The summed E-state index contributed by atoms with van der Waals surface area (Å²) in [6.45, 7) is 40.3. The van der Waals surface area contributed by atoms with Crippen molar-refractivity contribution in [2.45, 2.75) is 198 Å². The quantitative estimate of drug-likeness (QED) is 0.0784. The summed E-state index contributed by atoms with van der Waals surface area (Å²) in [7, 11) is 16.9. The predicted octanol–water partition coefficient (Wildman–Crippen LogP) is 1.81. The first-order valence-electron chi connectivity index (χ1n) is 31.9. The minimum Gasteiger partial charge on any atom is -0.801 e. The monoisotopic (exact) mass is 1500 g/mol. The summed E-state index contributed by atoms with van der Waals surface area (Å²) in [4.78, 5) is 7.70. The summed E-state index contributed by atoms with van der Waals surface area (Å²) in [6.07, 6.45) is 0. The molecular formula is C60H130N5O25Ta. The van der Waals surface area contributed by atoms with Gasteiger partial charge in [0.2, 0.25) is 0 Å². The zero-order chi connectivity index (χ0) is 71.2. The molecule has 31 heteroatoms. The van der Waals surface area contributed by atoms with Gasteiger partial charge in [0.15, 0.2) is 29.9 Å². The van der Waals surface area contributed by atoms with Crippen molar-refractivity contribution >= 4 is 0 Å². The third kappa shape index (κ3) is 28.7. The van der Waals surface area contributed by atoms with Gasteiger partial charge in [-0.2, -0.15) is 0 Å². The molecule has 0 rings (SSSR count). The van der Waals surface area contributed by atoms with Crippen LogP contribution in [0.5, 0.6) is 0 Å². The molecule has 0 amide bonds. The average molecular weight is 1500 g/mol. The molecule has 0 fully saturated rings. The van der Waals surface area contributed by atoms with Crippen LogP contribution in [-0.2, 0) is 117 Å². The molecule has 0 aliphatic heterocycles. The van der Waals surface area contributed by atoms with E-state index >= 15 is 0 Å². The van der Waals surface area contributed by atoms with E-state index in [4.69, 9.17) is 94.7 Å². The molecule has 0 aromatic carbocycles. The maximum atomic E-state index is 12.8. The third-order valence-corrected chi connectivity index (χ3v) is 11.6. The van der Waals surface area contributed by atoms with Gasteiger partial charge in [0, 0.05) is 132 Å². The Morgan fingerprint density at radius 2 is 0.231 bits per heavy atom. The molecule has 30 nitrogen and oxygen atoms in total. The maximum Gasteiger partial charge on any atom is 5.00 e. The summed E-state index contributed by atoms with van der Waals surface area (Å²) in [5.41, 5.74) is 0. The Kier molecular flexibility index (Phi) is 59.7. The molecule has 0 saturated heterocycles. The number of hydrogen-bond acceptors (Lipinski definition) is 30. The SMILES string of the molecule is CCOC([O-])(OCC)C(OCC)(OCC)N(C)C.CCOC([O-])(OCC)C(OCC)(OCC)N(C)C.CCOC([O-])(OCC)C(OCC)(OCC)N(C)C.CCOC([O-])(OCC)C(OCC)(OCC)N(C)C.CCOC([O-])(OCC)C(OCC)(OCC)N(C)C.[Ta+5]. The van der Waals surface area contributed by atoms with Crippen molar-refractivity contribution in [2.24, 2.45) is 0 Å². The molecular weight excluding hydrogens is 1370 g/mol. The molecule has 0 aromatic rings. The van der Waals surface area contributed by atoms with Crippen molar-refractivity contribution in [1.82, 2.24) is 24.5 Å². The van der Waals surface area contributed by atoms with E-state index in [9.17, 15) is 25.5 Å². The van der Waals surface area contributed by atoms with E-state index in [1.165, 1.54) is 0 Å². The zero-order valence-electron chi connectivity index (χ0n) is 62.0. The summed E-state index contributed by atoms with van der Waals surface area (Å²) < 4.78 is 108. The summed E-state index contributed by atoms with van der Waals surface area (Å²) in [6, 6.07) is 0. The molecule has 0 unspecified atom stereocenters. The Labute approximate surface area is 565 Å². The Hall–Kier alpha value is -0.460. The molecule has 550 valence electrons. The van der Waals surface area contributed by atoms with E-state index in [1.54, 1.807) is 233 Å². The van der Waals surface area contributed by atoms with E-state index in [1.807, 2.05) is 0 Å². The van der Waals surface area contributed by atoms with Crippen LogP contribution in [0, 0.1) is 0 Å². The van der Waals surface area contributed by atoms with Gasteiger partial charge in [0.25, 0.3) is 29.6 Å². The van der Waals surface area contributed by atoms with Crippen molar-refractivity contribution in [3.05, 3.63) is 0 Å². The smallest absolute Gasteiger partial charge is 0.801 e. The molecule has 0 N–H and O–H groups in total. The first kappa shape index (κ1) is 102. The van der Waals surface area contributed by atoms with Crippen molar-refractivity contribution < 1.29 is 143 Å². The van der Waals surface area contributed by atoms with Gasteiger partial charge >= 0.3 is 22.4 Å². The number of nitrogens with zero attached hydrogens (tertiary/aromatic N) is 5. The van der Waals surface area contributed by atoms with Crippen LogP contribution in [0.4, 0.5) is 0 Å². The van der Waals surface area contributed by atoms with E-state index in [0.29, 0.717) is 66.1 Å². The van der Waals surface area contributed by atoms with Crippen molar-refractivity contribution in [1.29, 1.82) is 0 Å².